The highest BCUT2D eigenvalue weighted by Gasteiger charge is 2.37. The highest BCUT2D eigenvalue weighted by molar-refractivity contribution is 7.09. The van der Waals surface area contributed by atoms with Gasteiger partial charge in [0.25, 0.3) is 0 Å². The van der Waals surface area contributed by atoms with Crippen LogP contribution in [0.15, 0.2) is 17.5 Å². The van der Waals surface area contributed by atoms with E-state index in [9.17, 15) is 9.59 Å². The molecule has 0 spiro atoms. The van der Waals surface area contributed by atoms with Crippen molar-refractivity contribution in [1.82, 2.24) is 10.2 Å². The van der Waals surface area contributed by atoms with E-state index in [0.29, 0.717) is 19.4 Å². The van der Waals surface area contributed by atoms with E-state index in [-0.39, 0.29) is 17.9 Å². The van der Waals surface area contributed by atoms with Crippen molar-refractivity contribution in [2.24, 2.45) is 5.73 Å². The Bertz CT molecular complexity index is 461. The second-order valence-electron chi connectivity index (χ2n) is 5.10. The van der Waals surface area contributed by atoms with Gasteiger partial charge in [-0.05, 0) is 30.7 Å². The zero-order chi connectivity index (χ0) is 14.5. The number of rotatable bonds is 5. The second kappa shape index (κ2) is 6.85. The molecular weight excluding hydrogens is 274 g/mol. The van der Waals surface area contributed by atoms with Crippen LogP contribution in [0, 0.1) is 0 Å². The number of carbonyl (C=O) groups is 2. The quantitative estimate of drug-likeness (QED) is 0.841. The van der Waals surface area contributed by atoms with E-state index < -0.39 is 6.04 Å². The topological polar surface area (TPSA) is 75.4 Å². The van der Waals surface area contributed by atoms with Gasteiger partial charge >= 0.3 is 0 Å². The smallest absolute Gasteiger partial charge is 0.242 e. The third-order valence-corrected chi connectivity index (χ3v) is 4.53. The molecule has 0 aliphatic carbocycles. The van der Waals surface area contributed by atoms with Crippen LogP contribution < -0.4 is 11.1 Å². The number of hydrogen-bond donors (Lipinski definition) is 2. The molecule has 1 aliphatic rings. The summed E-state index contributed by atoms with van der Waals surface area (Å²) in [5, 5.41) is 4.64. The predicted molar refractivity (Wildman–Crippen MR) is 79.4 cm³/mol. The van der Waals surface area contributed by atoms with Crippen molar-refractivity contribution in [3.63, 3.8) is 0 Å². The van der Waals surface area contributed by atoms with Crippen molar-refractivity contribution in [1.29, 1.82) is 0 Å². The predicted octanol–water partition coefficient (Wildman–Crippen LogP) is 0.745. The van der Waals surface area contributed by atoms with E-state index in [1.54, 1.807) is 23.3 Å². The van der Waals surface area contributed by atoms with Crippen LogP contribution in [-0.2, 0) is 16.0 Å². The Hall–Kier alpha value is -1.40. The summed E-state index contributed by atoms with van der Waals surface area (Å²) >= 11 is 1.71. The van der Waals surface area contributed by atoms with Gasteiger partial charge in [0, 0.05) is 30.9 Å². The molecule has 1 aliphatic heterocycles. The van der Waals surface area contributed by atoms with Gasteiger partial charge in [-0.1, -0.05) is 6.07 Å². The van der Waals surface area contributed by atoms with Crippen LogP contribution in [0.4, 0.5) is 0 Å². The maximum absolute atomic E-state index is 12.2. The third-order valence-electron chi connectivity index (χ3n) is 3.60. The van der Waals surface area contributed by atoms with E-state index in [1.165, 1.54) is 4.88 Å². The van der Waals surface area contributed by atoms with E-state index in [2.05, 4.69) is 11.4 Å². The van der Waals surface area contributed by atoms with Crippen LogP contribution in [0.25, 0.3) is 0 Å². The summed E-state index contributed by atoms with van der Waals surface area (Å²) in [7, 11) is 1.59. The van der Waals surface area contributed by atoms with Gasteiger partial charge in [-0.25, -0.2) is 0 Å². The molecule has 2 amide bonds. The van der Waals surface area contributed by atoms with Crippen molar-refractivity contribution in [3.8, 4) is 0 Å². The van der Waals surface area contributed by atoms with Crippen LogP contribution in [0.3, 0.4) is 0 Å². The lowest BCUT2D eigenvalue weighted by Crippen LogP contribution is -2.44. The lowest BCUT2D eigenvalue weighted by atomic mass is 10.1. The zero-order valence-corrected chi connectivity index (χ0v) is 12.5. The first-order chi connectivity index (χ1) is 9.61. The number of thiophene rings is 1. The molecule has 0 aromatic carbocycles. The maximum atomic E-state index is 12.2. The Morgan fingerprint density at radius 2 is 2.35 bits per heavy atom. The first kappa shape index (κ1) is 15.0. The number of carbonyl (C=O) groups excluding carboxylic acids is 2. The SMILES string of the molecule is CNC(=O)[C@@H]1C[C@H](N)CN1C(=O)CCCc1cccs1. The van der Waals surface area contributed by atoms with Crippen molar-refractivity contribution >= 4 is 23.2 Å². The molecule has 110 valence electrons. The Morgan fingerprint density at radius 3 is 3.00 bits per heavy atom. The summed E-state index contributed by atoms with van der Waals surface area (Å²) in [5.41, 5.74) is 5.88. The molecule has 1 saturated heterocycles. The second-order valence-corrected chi connectivity index (χ2v) is 6.14. The molecule has 0 bridgehead atoms. The molecule has 20 heavy (non-hydrogen) atoms. The number of nitrogens with one attached hydrogen (secondary N) is 1. The average molecular weight is 295 g/mol. The number of likely N-dealkylation sites (tertiary alicyclic amines) is 1. The minimum Gasteiger partial charge on any atom is -0.357 e. The molecule has 0 unspecified atom stereocenters. The van der Waals surface area contributed by atoms with Gasteiger partial charge in [-0.3, -0.25) is 9.59 Å². The summed E-state index contributed by atoms with van der Waals surface area (Å²) in [6, 6.07) is 3.60. The van der Waals surface area contributed by atoms with Crippen LogP contribution in [0.1, 0.15) is 24.1 Å². The van der Waals surface area contributed by atoms with Crippen LogP contribution in [-0.4, -0.2) is 42.4 Å². The molecule has 1 aromatic heterocycles. The van der Waals surface area contributed by atoms with Gasteiger partial charge in [0.15, 0.2) is 0 Å². The average Bonchev–Trinajstić information content (AvgIpc) is 3.07. The minimum atomic E-state index is -0.399. The Balaban J connectivity index is 1.85. The molecule has 2 heterocycles. The Morgan fingerprint density at radius 1 is 1.55 bits per heavy atom. The van der Waals surface area contributed by atoms with Gasteiger partial charge in [0.05, 0.1) is 0 Å². The number of hydrogen-bond acceptors (Lipinski definition) is 4. The fraction of sp³-hybridized carbons (Fsp3) is 0.571. The van der Waals surface area contributed by atoms with Gasteiger partial charge < -0.3 is 16.0 Å². The number of amides is 2. The Kier molecular flexibility index (Phi) is 5.14. The standard InChI is InChI=1S/C14H21N3O2S/c1-16-14(19)12-8-10(15)9-17(12)13(18)6-2-4-11-5-3-7-20-11/h3,5,7,10,12H,2,4,6,8-9,15H2,1H3,(H,16,19)/t10-,12-/m0/s1. The van der Waals surface area contributed by atoms with Crippen LogP contribution in [0.5, 0.6) is 0 Å². The van der Waals surface area contributed by atoms with Gasteiger partial charge in [0.2, 0.25) is 11.8 Å². The summed E-state index contributed by atoms with van der Waals surface area (Å²) < 4.78 is 0. The molecule has 2 rings (SSSR count). The van der Waals surface area contributed by atoms with Crippen LogP contribution >= 0.6 is 11.3 Å². The lowest BCUT2D eigenvalue weighted by Gasteiger charge is -2.23. The van der Waals surface area contributed by atoms with E-state index >= 15 is 0 Å². The summed E-state index contributed by atoms with van der Waals surface area (Å²) in [6.45, 7) is 0.482. The van der Waals surface area contributed by atoms with Gasteiger partial charge in [-0.15, -0.1) is 11.3 Å². The third kappa shape index (κ3) is 3.58. The van der Waals surface area contributed by atoms with Gasteiger partial charge in [-0.2, -0.15) is 0 Å². The number of nitrogens with two attached hydrogens (primary N) is 1. The lowest BCUT2D eigenvalue weighted by molar-refractivity contribution is -0.138. The molecule has 3 N–H and O–H groups in total. The van der Waals surface area contributed by atoms with Crippen LogP contribution in [0.2, 0.25) is 0 Å². The fourth-order valence-corrected chi connectivity index (χ4v) is 3.32. The molecule has 0 saturated carbocycles. The summed E-state index contributed by atoms with van der Waals surface area (Å²) in [6.07, 6.45) is 2.74. The number of nitrogens with zero attached hydrogens (tertiary/aromatic N) is 1. The highest BCUT2D eigenvalue weighted by atomic mass is 32.1. The first-order valence-electron chi connectivity index (χ1n) is 6.91. The van der Waals surface area contributed by atoms with Crippen molar-refractivity contribution in [2.45, 2.75) is 37.8 Å². The largest absolute Gasteiger partial charge is 0.357 e. The number of likely N-dealkylation sites (N-methyl/N-ethyl adjacent to an activating group) is 1. The van der Waals surface area contributed by atoms with Gasteiger partial charge in [0.1, 0.15) is 6.04 Å². The minimum absolute atomic E-state index is 0.0307. The first-order valence-corrected chi connectivity index (χ1v) is 7.78. The van der Waals surface area contributed by atoms with E-state index in [4.69, 9.17) is 5.73 Å². The summed E-state index contributed by atoms with van der Waals surface area (Å²) in [5.74, 6) is -0.0901. The number of aryl methyl sites for hydroxylation is 1. The monoisotopic (exact) mass is 295 g/mol. The summed E-state index contributed by atoms with van der Waals surface area (Å²) in [4.78, 5) is 26.9. The van der Waals surface area contributed by atoms with E-state index in [0.717, 1.165) is 12.8 Å². The van der Waals surface area contributed by atoms with E-state index in [1.807, 2.05) is 11.4 Å². The molecule has 6 heteroatoms. The molecular formula is C14H21N3O2S. The molecule has 1 fully saturated rings. The van der Waals surface area contributed by atoms with Crippen molar-refractivity contribution in [3.05, 3.63) is 22.4 Å². The molecule has 1 aromatic rings. The maximum Gasteiger partial charge on any atom is 0.242 e. The molecule has 2 atom stereocenters. The zero-order valence-electron chi connectivity index (χ0n) is 11.7. The highest BCUT2D eigenvalue weighted by Crippen LogP contribution is 2.19. The van der Waals surface area contributed by atoms with Crippen molar-refractivity contribution < 1.29 is 9.59 Å². The normalized spacial score (nSPS) is 22.0. The van der Waals surface area contributed by atoms with Crippen molar-refractivity contribution in [2.75, 3.05) is 13.6 Å². The Labute approximate surface area is 123 Å². The molecule has 0 radical (unpaired) electrons. The molecule has 5 nitrogen and oxygen atoms in total. The fourth-order valence-electron chi connectivity index (χ4n) is 2.57.